The van der Waals surface area contributed by atoms with Crippen LogP contribution in [0.2, 0.25) is 0 Å². The number of thiocarbonyl (C=S) groups is 2. The predicted octanol–water partition coefficient (Wildman–Crippen LogP) is 5.18. The molecule has 20 heavy (non-hydrogen) atoms. The van der Waals surface area contributed by atoms with Crippen molar-refractivity contribution in [3.8, 4) is 0 Å². The summed E-state index contributed by atoms with van der Waals surface area (Å²) in [6.07, 6.45) is 1.52. The molecule has 0 spiro atoms. The molecule has 2 rings (SSSR count). The van der Waals surface area contributed by atoms with E-state index in [-0.39, 0.29) is 0 Å². The molecular weight excluding hydrogens is 320 g/mol. The molecule has 0 saturated heterocycles. The van der Waals surface area contributed by atoms with Gasteiger partial charge >= 0.3 is 0 Å². The van der Waals surface area contributed by atoms with Crippen molar-refractivity contribution in [2.75, 3.05) is 0 Å². The minimum atomic E-state index is 0.758. The van der Waals surface area contributed by atoms with Crippen molar-refractivity contribution in [2.45, 2.75) is 22.6 Å². The highest BCUT2D eigenvalue weighted by Crippen LogP contribution is 2.20. The Kier molecular flexibility index (Phi) is 5.78. The molecule has 0 bridgehead atoms. The average molecular weight is 335 g/mol. The maximum absolute atomic E-state index is 5.48. The molecule has 0 aliphatic rings. The van der Waals surface area contributed by atoms with E-state index in [0.29, 0.717) is 0 Å². The summed E-state index contributed by atoms with van der Waals surface area (Å²) in [5.41, 5.74) is 2.04. The summed E-state index contributed by atoms with van der Waals surface area (Å²) < 4.78 is 0. The van der Waals surface area contributed by atoms with Gasteiger partial charge < -0.3 is 0 Å². The molecule has 0 N–H and O–H groups in total. The molecule has 0 unspecified atom stereocenters. The highest BCUT2D eigenvalue weighted by Gasteiger charge is 2.09. The molecule has 0 nitrogen and oxygen atoms in total. The van der Waals surface area contributed by atoms with Crippen molar-refractivity contribution in [1.82, 2.24) is 0 Å². The first-order chi connectivity index (χ1) is 9.59. The maximum atomic E-state index is 5.48. The maximum Gasteiger partial charge on any atom is 0.0239 e. The lowest BCUT2D eigenvalue weighted by Crippen LogP contribution is -2.04. The molecule has 0 aromatic heterocycles. The molecule has 0 fully saturated rings. The van der Waals surface area contributed by atoms with Crippen molar-refractivity contribution >= 4 is 59.4 Å². The molecule has 0 heterocycles. The van der Waals surface area contributed by atoms with E-state index in [1.54, 1.807) is 0 Å². The van der Waals surface area contributed by atoms with E-state index in [0.717, 1.165) is 43.5 Å². The van der Waals surface area contributed by atoms with Crippen molar-refractivity contribution < 1.29 is 0 Å². The van der Waals surface area contributed by atoms with Gasteiger partial charge in [0.05, 0.1) is 0 Å². The monoisotopic (exact) mass is 334 g/mol. The summed E-state index contributed by atoms with van der Waals surface area (Å²) in [5, 5.41) is 0. The summed E-state index contributed by atoms with van der Waals surface area (Å²) in [6, 6.07) is 15.8. The zero-order chi connectivity index (χ0) is 14.5. The minimum absolute atomic E-state index is 0.758. The van der Waals surface area contributed by atoms with Gasteiger partial charge in [0.25, 0.3) is 0 Å². The van der Waals surface area contributed by atoms with Crippen LogP contribution in [0.1, 0.15) is 24.0 Å². The number of benzene rings is 2. The van der Waals surface area contributed by atoms with E-state index in [1.807, 2.05) is 48.5 Å². The van der Waals surface area contributed by atoms with Crippen molar-refractivity contribution in [1.29, 1.82) is 0 Å². The number of rotatable bonds is 5. The van der Waals surface area contributed by atoms with Gasteiger partial charge in [0, 0.05) is 30.6 Å². The standard InChI is InChI=1S/C16H14S4/c17-13-7-3-1-5-11(13)15(19)9-10-16(20)12-6-2-4-8-14(12)18/h1-8,17-18H,9-10H2. The zero-order valence-electron chi connectivity index (χ0n) is 10.7. The first kappa shape index (κ1) is 15.7. The lowest BCUT2D eigenvalue weighted by atomic mass is 10.0. The fourth-order valence-electron chi connectivity index (χ4n) is 1.92. The Morgan fingerprint density at radius 1 is 0.700 bits per heavy atom. The van der Waals surface area contributed by atoms with Crippen molar-refractivity contribution in [2.24, 2.45) is 0 Å². The van der Waals surface area contributed by atoms with Crippen molar-refractivity contribution in [3.05, 3.63) is 59.7 Å². The second kappa shape index (κ2) is 7.36. The first-order valence-corrected chi connectivity index (χ1v) is 7.93. The normalized spacial score (nSPS) is 10.3. The van der Waals surface area contributed by atoms with Crippen LogP contribution in [-0.4, -0.2) is 9.73 Å². The molecule has 0 radical (unpaired) electrons. The molecule has 4 heteroatoms. The van der Waals surface area contributed by atoms with Gasteiger partial charge in [-0.25, -0.2) is 0 Å². The summed E-state index contributed by atoms with van der Waals surface area (Å²) in [6.45, 7) is 0. The molecule has 0 amide bonds. The largest absolute Gasteiger partial charge is 0.143 e. The Morgan fingerprint density at radius 3 is 1.40 bits per heavy atom. The lowest BCUT2D eigenvalue weighted by molar-refractivity contribution is 1.17. The van der Waals surface area contributed by atoms with Crippen LogP contribution < -0.4 is 0 Å². The molecule has 2 aromatic rings. The van der Waals surface area contributed by atoms with Gasteiger partial charge in [-0.15, -0.1) is 25.3 Å². The van der Waals surface area contributed by atoms with Gasteiger partial charge in [0.15, 0.2) is 0 Å². The average Bonchev–Trinajstić information content (AvgIpc) is 2.45. The van der Waals surface area contributed by atoms with Gasteiger partial charge in [-0.05, 0) is 25.0 Å². The van der Waals surface area contributed by atoms with Crippen LogP contribution in [0.25, 0.3) is 0 Å². The zero-order valence-corrected chi connectivity index (χ0v) is 14.2. The smallest absolute Gasteiger partial charge is 0.0239 e. The van der Waals surface area contributed by atoms with Crippen LogP contribution in [0.5, 0.6) is 0 Å². The van der Waals surface area contributed by atoms with Gasteiger partial charge in [0.2, 0.25) is 0 Å². The van der Waals surface area contributed by atoms with Gasteiger partial charge in [-0.1, -0.05) is 60.8 Å². The highest BCUT2D eigenvalue weighted by atomic mass is 32.1. The molecule has 0 saturated carbocycles. The fraction of sp³-hybridized carbons (Fsp3) is 0.125. The predicted molar refractivity (Wildman–Crippen MR) is 100 cm³/mol. The van der Waals surface area contributed by atoms with Crippen LogP contribution >= 0.6 is 49.7 Å². The summed E-state index contributed by atoms with van der Waals surface area (Å²) >= 11 is 19.8. The summed E-state index contributed by atoms with van der Waals surface area (Å²) in [4.78, 5) is 3.63. The van der Waals surface area contributed by atoms with Crippen LogP contribution in [-0.2, 0) is 0 Å². The molecule has 102 valence electrons. The third kappa shape index (κ3) is 3.92. The first-order valence-electron chi connectivity index (χ1n) is 6.22. The van der Waals surface area contributed by atoms with Crippen LogP contribution in [0, 0.1) is 0 Å². The summed E-state index contributed by atoms with van der Waals surface area (Å²) in [7, 11) is 0. The second-order valence-corrected chi connectivity index (χ2v) is 6.33. The van der Waals surface area contributed by atoms with Crippen LogP contribution in [0.15, 0.2) is 58.3 Å². The second-order valence-electron chi connectivity index (χ2n) is 4.38. The van der Waals surface area contributed by atoms with Gasteiger partial charge in [-0.2, -0.15) is 0 Å². The number of thiol groups is 2. The summed E-state index contributed by atoms with van der Waals surface area (Å²) in [5.74, 6) is 0. The molecule has 0 aliphatic heterocycles. The lowest BCUT2D eigenvalue weighted by Gasteiger charge is -2.09. The number of hydrogen-bond acceptors (Lipinski definition) is 4. The van der Waals surface area contributed by atoms with Crippen LogP contribution in [0.4, 0.5) is 0 Å². The Morgan fingerprint density at radius 2 is 1.05 bits per heavy atom. The fourth-order valence-corrected chi connectivity index (χ4v) is 3.22. The van der Waals surface area contributed by atoms with E-state index in [4.69, 9.17) is 24.4 Å². The Hall–Kier alpha value is -0.680. The molecule has 2 aromatic carbocycles. The molecule has 0 atom stereocenters. The SMILES string of the molecule is S=C(CCC(=S)c1ccccc1S)c1ccccc1S. The molecule has 0 aliphatic carbocycles. The van der Waals surface area contributed by atoms with E-state index in [1.165, 1.54) is 0 Å². The van der Waals surface area contributed by atoms with E-state index < -0.39 is 0 Å². The Balaban J connectivity index is 2.03. The number of hydrogen-bond donors (Lipinski definition) is 2. The van der Waals surface area contributed by atoms with Gasteiger partial charge in [0.1, 0.15) is 0 Å². The van der Waals surface area contributed by atoms with E-state index in [2.05, 4.69) is 25.3 Å². The Labute approximate surface area is 141 Å². The third-order valence-corrected chi connectivity index (χ3v) is 4.62. The van der Waals surface area contributed by atoms with E-state index in [9.17, 15) is 0 Å². The minimum Gasteiger partial charge on any atom is -0.143 e. The highest BCUT2D eigenvalue weighted by molar-refractivity contribution is 7.82. The quantitative estimate of drug-likeness (QED) is 0.439. The topological polar surface area (TPSA) is 0 Å². The Bertz CT molecular complexity index is 589. The van der Waals surface area contributed by atoms with Crippen LogP contribution in [0.3, 0.4) is 0 Å². The van der Waals surface area contributed by atoms with Crippen molar-refractivity contribution in [3.63, 3.8) is 0 Å². The molecular formula is C16H14S4. The van der Waals surface area contributed by atoms with E-state index >= 15 is 0 Å². The third-order valence-electron chi connectivity index (χ3n) is 2.99. The van der Waals surface area contributed by atoms with Gasteiger partial charge in [-0.3, -0.25) is 0 Å².